The van der Waals surface area contributed by atoms with Crippen LogP contribution in [0, 0.1) is 12.7 Å². The van der Waals surface area contributed by atoms with Gasteiger partial charge >= 0.3 is 0 Å². The number of benzene rings is 3. The zero-order valence-electron chi connectivity index (χ0n) is 10.7. The molecule has 0 amide bonds. The monoisotopic (exact) mass is 251 g/mol. The molecule has 3 aromatic rings. The maximum atomic E-state index is 12.8. The second-order valence-corrected chi connectivity index (χ2v) is 4.70. The smallest absolute Gasteiger partial charge is 0.123 e. The summed E-state index contributed by atoms with van der Waals surface area (Å²) in [4.78, 5) is 0. The van der Waals surface area contributed by atoms with E-state index in [1.807, 2.05) is 6.07 Å². The van der Waals surface area contributed by atoms with Crippen molar-refractivity contribution in [3.05, 3.63) is 72.0 Å². The van der Waals surface area contributed by atoms with Gasteiger partial charge in [-0.3, -0.25) is 0 Å². The van der Waals surface area contributed by atoms with Crippen LogP contribution in [0.3, 0.4) is 0 Å². The van der Waals surface area contributed by atoms with E-state index >= 15 is 0 Å². The van der Waals surface area contributed by atoms with Crippen molar-refractivity contribution >= 4 is 22.1 Å². The van der Waals surface area contributed by atoms with Gasteiger partial charge in [-0.1, -0.05) is 29.8 Å². The minimum atomic E-state index is -0.223. The summed E-state index contributed by atoms with van der Waals surface area (Å²) in [5.41, 5.74) is 3.14. The van der Waals surface area contributed by atoms with Gasteiger partial charge in [-0.25, -0.2) is 4.39 Å². The minimum absolute atomic E-state index is 0.223. The lowest BCUT2D eigenvalue weighted by Crippen LogP contribution is -1.90. The van der Waals surface area contributed by atoms with E-state index in [2.05, 4.69) is 42.6 Å². The number of fused-ring (bicyclic) bond motifs is 1. The molecule has 0 fully saturated rings. The van der Waals surface area contributed by atoms with Crippen LogP contribution in [0.15, 0.2) is 60.7 Å². The van der Waals surface area contributed by atoms with Crippen LogP contribution in [0.2, 0.25) is 0 Å². The third-order valence-electron chi connectivity index (χ3n) is 3.13. The molecule has 0 saturated carbocycles. The second-order valence-electron chi connectivity index (χ2n) is 4.70. The van der Waals surface area contributed by atoms with Gasteiger partial charge in [0.05, 0.1) is 0 Å². The fourth-order valence-electron chi connectivity index (χ4n) is 2.14. The van der Waals surface area contributed by atoms with Crippen LogP contribution < -0.4 is 5.32 Å². The van der Waals surface area contributed by atoms with Gasteiger partial charge in [0.1, 0.15) is 5.82 Å². The lowest BCUT2D eigenvalue weighted by Gasteiger charge is -2.08. The normalized spacial score (nSPS) is 10.6. The molecule has 2 heteroatoms. The number of rotatable bonds is 2. The van der Waals surface area contributed by atoms with Crippen molar-refractivity contribution in [3.63, 3.8) is 0 Å². The third-order valence-corrected chi connectivity index (χ3v) is 3.13. The summed E-state index contributed by atoms with van der Waals surface area (Å²) in [6.45, 7) is 2.09. The standard InChI is InChI=1S/C17H14FN/c1-12-2-3-14-11-17(7-4-13(14)10-12)19-16-8-5-15(18)6-9-16/h2-11,19H,1H3. The molecule has 94 valence electrons. The molecule has 0 aliphatic heterocycles. The zero-order chi connectivity index (χ0) is 13.2. The summed E-state index contributed by atoms with van der Waals surface area (Å²) in [5.74, 6) is -0.223. The molecule has 0 bridgehead atoms. The zero-order valence-corrected chi connectivity index (χ0v) is 10.7. The van der Waals surface area contributed by atoms with Crippen molar-refractivity contribution < 1.29 is 4.39 Å². The van der Waals surface area contributed by atoms with Gasteiger partial charge in [0.2, 0.25) is 0 Å². The van der Waals surface area contributed by atoms with Crippen molar-refractivity contribution in [1.29, 1.82) is 0 Å². The SMILES string of the molecule is Cc1ccc2cc(Nc3ccc(F)cc3)ccc2c1. The maximum absolute atomic E-state index is 12.8. The first-order valence-corrected chi connectivity index (χ1v) is 6.24. The average molecular weight is 251 g/mol. The summed E-state index contributed by atoms with van der Waals surface area (Å²) in [5, 5.41) is 5.69. The summed E-state index contributed by atoms with van der Waals surface area (Å²) in [6, 6.07) is 19.0. The van der Waals surface area contributed by atoms with Crippen LogP contribution in [-0.2, 0) is 0 Å². The molecule has 0 radical (unpaired) electrons. The molecule has 3 rings (SSSR count). The van der Waals surface area contributed by atoms with E-state index in [1.54, 1.807) is 12.1 Å². The van der Waals surface area contributed by atoms with E-state index in [9.17, 15) is 4.39 Å². The maximum Gasteiger partial charge on any atom is 0.123 e. The first-order valence-electron chi connectivity index (χ1n) is 6.24. The third kappa shape index (κ3) is 2.58. The quantitative estimate of drug-likeness (QED) is 0.673. The molecule has 0 heterocycles. The van der Waals surface area contributed by atoms with Gasteiger partial charge in [-0.05, 0) is 54.1 Å². The van der Waals surface area contributed by atoms with Gasteiger partial charge in [-0.15, -0.1) is 0 Å². The number of nitrogens with one attached hydrogen (secondary N) is 1. The Hall–Kier alpha value is -2.35. The Labute approximate surface area is 111 Å². The van der Waals surface area contributed by atoms with Crippen molar-refractivity contribution in [2.24, 2.45) is 0 Å². The second kappa shape index (κ2) is 4.73. The molecule has 0 aromatic heterocycles. The lowest BCUT2D eigenvalue weighted by molar-refractivity contribution is 0.628. The summed E-state index contributed by atoms with van der Waals surface area (Å²) >= 11 is 0. The van der Waals surface area contributed by atoms with Crippen molar-refractivity contribution in [3.8, 4) is 0 Å². The Morgan fingerprint density at radius 1 is 0.737 bits per heavy atom. The molecular formula is C17H14FN. The number of anilines is 2. The fourth-order valence-corrected chi connectivity index (χ4v) is 2.14. The number of hydrogen-bond donors (Lipinski definition) is 1. The van der Waals surface area contributed by atoms with Crippen molar-refractivity contribution in [1.82, 2.24) is 0 Å². The lowest BCUT2D eigenvalue weighted by atomic mass is 10.1. The minimum Gasteiger partial charge on any atom is -0.356 e. The molecule has 1 N–H and O–H groups in total. The van der Waals surface area contributed by atoms with Crippen LogP contribution in [-0.4, -0.2) is 0 Å². The Balaban J connectivity index is 1.93. The van der Waals surface area contributed by atoms with Crippen LogP contribution in [0.1, 0.15) is 5.56 Å². The summed E-state index contributed by atoms with van der Waals surface area (Å²) < 4.78 is 12.8. The fraction of sp³-hybridized carbons (Fsp3) is 0.0588. The molecule has 3 aromatic carbocycles. The average Bonchev–Trinajstić information content (AvgIpc) is 2.42. The van der Waals surface area contributed by atoms with Crippen LogP contribution >= 0.6 is 0 Å². The number of aryl methyl sites for hydroxylation is 1. The van der Waals surface area contributed by atoms with E-state index in [0.717, 1.165) is 11.4 Å². The molecule has 0 aliphatic rings. The molecule has 0 saturated heterocycles. The predicted octanol–water partition coefficient (Wildman–Crippen LogP) is 5.03. The van der Waals surface area contributed by atoms with E-state index in [1.165, 1.54) is 28.5 Å². The van der Waals surface area contributed by atoms with Crippen molar-refractivity contribution in [2.45, 2.75) is 6.92 Å². The Bertz CT molecular complexity index is 717. The predicted molar refractivity (Wildman–Crippen MR) is 78.4 cm³/mol. The van der Waals surface area contributed by atoms with Gasteiger partial charge in [0.15, 0.2) is 0 Å². The van der Waals surface area contributed by atoms with Gasteiger partial charge in [0, 0.05) is 11.4 Å². The molecular weight excluding hydrogens is 237 g/mol. The highest BCUT2D eigenvalue weighted by molar-refractivity contribution is 5.87. The molecule has 0 spiro atoms. The highest BCUT2D eigenvalue weighted by atomic mass is 19.1. The largest absolute Gasteiger partial charge is 0.356 e. The molecule has 19 heavy (non-hydrogen) atoms. The molecule has 1 nitrogen and oxygen atoms in total. The van der Waals surface area contributed by atoms with E-state index in [0.29, 0.717) is 0 Å². The molecule has 0 aliphatic carbocycles. The Morgan fingerprint density at radius 2 is 1.37 bits per heavy atom. The summed E-state index contributed by atoms with van der Waals surface area (Å²) in [6.07, 6.45) is 0. The highest BCUT2D eigenvalue weighted by Gasteiger charge is 1.98. The number of halogens is 1. The van der Waals surface area contributed by atoms with Gasteiger partial charge in [-0.2, -0.15) is 0 Å². The van der Waals surface area contributed by atoms with Crippen LogP contribution in [0.5, 0.6) is 0 Å². The Kier molecular flexibility index (Phi) is 2.92. The van der Waals surface area contributed by atoms with Crippen LogP contribution in [0.4, 0.5) is 15.8 Å². The first-order chi connectivity index (χ1) is 9.20. The van der Waals surface area contributed by atoms with Crippen molar-refractivity contribution in [2.75, 3.05) is 5.32 Å². The molecule has 0 atom stereocenters. The van der Waals surface area contributed by atoms with Gasteiger partial charge in [0.25, 0.3) is 0 Å². The van der Waals surface area contributed by atoms with Gasteiger partial charge < -0.3 is 5.32 Å². The van der Waals surface area contributed by atoms with E-state index < -0.39 is 0 Å². The Morgan fingerprint density at radius 3 is 2.16 bits per heavy atom. The first kappa shape index (κ1) is 11.7. The van der Waals surface area contributed by atoms with E-state index in [4.69, 9.17) is 0 Å². The van der Waals surface area contributed by atoms with Crippen LogP contribution in [0.25, 0.3) is 10.8 Å². The topological polar surface area (TPSA) is 12.0 Å². The molecule has 0 unspecified atom stereocenters. The highest BCUT2D eigenvalue weighted by Crippen LogP contribution is 2.23. The van der Waals surface area contributed by atoms with E-state index in [-0.39, 0.29) is 5.82 Å². The number of hydrogen-bond acceptors (Lipinski definition) is 1. The summed E-state index contributed by atoms with van der Waals surface area (Å²) in [7, 11) is 0.